The lowest BCUT2D eigenvalue weighted by Gasteiger charge is -2.43. The molecule has 2 unspecified atom stereocenters. The summed E-state index contributed by atoms with van der Waals surface area (Å²) >= 11 is 0. The van der Waals surface area contributed by atoms with Gasteiger partial charge in [-0.2, -0.15) is 0 Å². The molecule has 6 aromatic rings. The second-order valence-electron chi connectivity index (χ2n) is 10.6. The lowest BCUT2D eigenvalue weighted by Crippen LogP contribution is -2.37. The van der Waals surface area contributed by atoms with Crippen LogP contribution in [0, 0.1) is 0 Å². The van der Waals surface area contributed by atoms with Crippen molar-refractivity contribution in [2.75, 3.05) is 0 Å². The number of aromatic hydroxyl groups is 3. The quantitative estimate of drug-likeness (QED) is 0.103. The van der Waals surface area contributed by atoms with E-state index in [0.29, 0.717) is 34.5 Å². The van der Waals surface area contributed by atoms with E-state index >= 15 is 0 Å². The lowest BCUT2D eigenvalue weighted by atomic mass is 10.3. The zero-order valence-corrected chi connectivity index (χ0v) is 29.2. The fourth-order valence-electron chi connectivity index (χ4n) is 4.41. The molecular weight excluding hydrogens is 711 g/mol. The molecule has 51 heavy (non-hydrogen) atoms. The van der Waals surface area contributed by atoms with E-state index in [-0.39, 0.29) is 17.2 Å². The maximum Gasteiger partial charge on any atom is 0.447 e. The van der Waals surface area contributed by atoms with E-state index in [9.17, 15) is 15.3 Å². The highest BCUT2D eigenvalue weighted by Gasteiger charge is 2.58. The number of rotatable bonds is 12. The van der Waals surface area contributed by atoms with Gasteiger partial charge in [0.2, 0.25) is 0 Å². The number of hydrogen-bond acceptors (Lipinski definition) is 12. The summed E-state index contributed by atoms with van der Waals surface area (Å²) in [4.78, 5) is 13.2. The Morgan fingerprint density at radius 2 is 0.824 bits per heavy atom. The summed E-state index contributed by atoms with van der Waals surface area (Å²) in [5, 5.41) is 30.2. The average Bonchev–Trinajstić information content (AvgIpc) is 3.15. The Bertz CT molecular complexity index is 2020. The van der Waals surface area contributed by atoms with E-state index in [1.54, 1.807) is 72.8 Å². The van der Waals surface area contributed by atoms with Crippen LogP contribution in [0.2, 0.25) is 0 Å². The molecule has 0 saturated carbocycles. The molecule has 6 aromatic carbocycles. The minimum Gasteiger partial charge on any atom is -0.508 e. The maximum atomic E-state index is 10.1. The predicted octanol–water partition coefficient (Wildman–Crippen LogP) is 10.4. The fraction of sp³-hybridized carbons (Fsp3) is 0. The van der Waals surface area contributed by atoms with Gasteiger partial charge in [0.15, 0.2) is 0 Å². The van der Waals surface area contributed by atoms with Crippen LogP contribution in [0.4, 0.5) is 0 Å². The highest BCUT2D eigenvalue weighted by molar-refractivity contribution is 7.78. The molecule has 0 amide bonds. The topological polar surface area (TPSA) is 135 Å². The molecule has 15 heteroatoms. The molecule has 12 nitrogen and oxygen atoms in total. The highest BCUT2D eigenvalue weighted by Crippen LogP contribution is 2.77. The largest absolute Gasteiger partial charge is 0.508 e. The lowest BCUT2D eigenvalue weighted by molar-refractivity contribution is 0.0545. The summed E-state index contributed by atoms with van der Waals surface area (Å²) in [6.45, 7) is 0. The molecule has 0 radical (unpaired) electrons. The molecule has 0 spiro atoms. The summed E-state index contributed by atoms with van der Waals surface area (Å²) in [6.07, 6.45) is 0. The second-order valence-corrected chi connectivity index (χ2v) is 16.1. The molecule has 0 saturated heterocycles. The zero-order valence-electron chi connectivity index (χ0n) is 26.6. The van der Waals surface area contributed by atoms with Gasteiger partial charge in [-0.25, -0.2) is 0 Å². The molecular formula is C36H30N3O9P3. The van der Waals surface area contributed by atoms with Gasteiger partial charge in [0.25, 0.3) is 0 Å². The van der Waals surface area contributed by atoms with Gasteiger partial charge < -0.3 is 43.1 Å². The van der Waals surface area contributed by atoms with Crippen LogP contribution in [-0.2, 0) is 0 Å². The third-order valence-corrected chi connectivity index (χ3v) is 13.6. The number of phenols is 3. The van der Waals surface area contributed by atoms with Crippen molar-refractivity contribution in [3.8, 4) is 51.7 Å². The van der Waals surface area contributed by atoms with Crippen LogP contribution in [0.25, 0.3) is 0 Å². The van der Waals surface area contributed by atoms with E-state index in [1.165, 1.54) is 45.6 Å². The zero-order chi connectivity index (χ0) is 35.0. The summed E-state index contributed by atoms with van der Waals surface area (Å²) < 4.78 is 35.0. The van der Waals surface area contributed by atoms with Gasteiger partial charge in [-0.05, 0) is 109 Å². The number of para-hydroxylation sites is 3. The van der Waals surface area contributed by atoms with Gasteiger partial charge in [-0.3, -0.25) is 0 Å². The Labute approximate surface area is 296 Å². The van der Waals surface area contributed by atoms with E-state index in [2.05, 4.69) is 0 Å². The Morgan fingerprint density at radius 3 is 1.29 bits per heavy atom. The van der Waals surface area contributed by atoms with Crippen LogP contribution in [0.3, 0.4) is 0 Å². The Morgan fingerprint density at radius 1 is 0.431 bits per heavy atom. The predicted molar refractivity (Wildman–Crippen MR) is 194 cm³/mol. The monoisotopic (exact) mass is 741 g/mol. The number of phenolic OH excluding ortho intramolecular Hbond substituents is 3. The van der Waals surface area contributed by atoms with Crippen molar-refractivity contribution in [2.24, 2.45) is 4.52 Å². The highest BCUT2D eigenvalue weighted by atomic mass is 31.3. The van der Waals surface area contributed by atoms with E-state index in [4.69, 9.17) is 32.3 Å². The summed E-state index contributed by atoms with van der Waals surface area (Å²) in [6, 6.07) is 45.6. The van der Waals surface area contributed by atoms with Gasteiger partial charge in [-0.1, -0.05) is 54.6 Å². The van der Waals surface area contributed by atoms with Crippen molar-refractivity contribution in [1.29, 1.82) is 0 Å². The van der Waals surface area contributed by atoms with Gasteiger partial charge >= 0.3 is 24.6 Å². The minimum absolute atomic E-state index is 0.0347. The summed E-state index contributed by atoms with van der Waals surface area (Å²) in [5.74, 6) is 2.42. The normalized spacial score (nSPS) is 17.0. The SMILES string of the molecule is Oc1ccc(ON2P(Oc3ccccc3)N=P(Oc3ccccc3)(Oc3ccccc3)N(Oc3ccc(O)cc3)P2Oc2ccc(O)cc2)cc1. The third-order valence-electron chi connectivity index (χ3n) is 6.78. The summed E-state index contributed by atoms with van der Waals surface area (Å²) in [5.41, 5.74) is 0. The maximum absolute atomic E-state index is 10.1. The first-order valence-electron chi connectivity index (χ1n) is 15.4. The van der Waals surface area contributed by atoms with E-state index in [1.807, 2.05) is 54.6 Å². The first kappa shape index (κ1) is 34.0. The number of hydrogen-bond donors (Lipinski definition) is 3. The van der Waals surface area contributed by atoms with Crippen molar-refractivity contribution < 1.29 is 43.1 Å². The smallest absolute Gasteiger partial charge is 0.447 e. The van der Waals surface area contributed by atoms with E-state index in [0.717, 1.165) is 0 Å². The Kier molecular flexibility index (Phi) is 10.4. The Balaban J connectivity index is 1.47. The first-order valence-corrected chi connectivity index (χ1v) is 19.2. The van der Waals surface area contributed by atoms with Crippen molar-refractivity contribution in [2.45, 2.75) is 0 Å². The fourth-order valence-corrected chi connectivity index (χ4v) is 11.9. The molecule has 258 valence electrons. The van der Waals surface area contributed by atoms with Crippen LogP contribution < -0.4 is 27.8 Å². The average molecular weight is 742 g/mol. The molecule has 0 bridgehead atoms. The van der Waals surface area contributed by atoms with Crippen molar-refractivity contribution in [3.05, 3.63) is 164 Å². The van der Waals surface area contributed by atoms with Crippen LogP contribution in [0.5, 0.6) is 51.7 Å². The third kappa shape index (κ3) is 8.47. The Hall–Kier alpha value is -5.47. The van der Waals surface area contributed by atoms with Gasteiger partial charge in [0.05, 0.1) is 0 Å². The van der Waals surface area contributed by atoms with Gasteiger partial charge in [-0.15, -0.1) is 4.52 Å². The standard InChI is InChI=1S/C36H30N3O9P3/c40-28-16-22-31(23-17-28)43-38-49(45-33-10-4-1-5-11-33)37-51(47-35-12-6-2-7-13-35,48-36-14-8-3-9-15-36)39(44-32-24-18-29(41)19-25-32)50(38)46-34-26-20-30(42)21-27-34/h1-27,40-42H. The molecule has 3 N–H and O–H groups in total. The van der Waals surface area contributed by atoms with Gasteiger partial charge in [0, 0.05) is 9.21 Å². The van der Waals surface area contributed by atoms with E-state index < -0.39 is 24.6 Å². The molecule has 1 aliphatic heterocycles. The number of nitrogens with zero attached hydrogens (tertiary/aromatic N) is 3. The molecule has 1 aliphatic rings. The minimum atomic E-state index is -3.90. The van der Waals surface area contributed by atoms with Crippen LogP contribution in [-0.4, -0.2) is 24.5 Å². The summed E-state index contributed by atoms with van der Waals surface area (Å²) in [7, 11) is -8.44. The number of benzene rings is 6. The molecule has 7 rings (SSSR count). The van der Waals surface area contributed by atoms with Crippen LogP contribution in [0.1, 0.15) is 0 Å². The van der Waals surface area contributed by atoms with Crippen molar-refractivity contribution >= 4 is 24.6 Å². The van der Waals surface area contributed by atoms with Crippen molar-refractivity contribution in [1.82, 2.24) is 9.21 Å². The molecule has 0 fully saturated rings. The van der Waals surface area contributed by atoms with Crippen LogP contribution in [0.15, 0.2) is 168 Å². The molecule has 0 aromatic heterocycles. The van der Waals surface area contributed by atoms with Crippen molar-refractivity contribution in [3.63, 3.8) is 0 Å². The second kappa shape index (κ2) is 15.6. The molecule has 2 atom stereocenters. The van der Waals surface area contributed by atoms with Crippen LogP contribution >= 0.6 is 24.6 Å². The van der Waals surface area contributed by atoms with Gasteiger partial charge in [0.1, 0.15) is 51.7 Å². The molecule has 1 heterocycles. The molecule has 0 aliphatic carbocycles. The first-order chi connectivity index (χ1) is 24.9.